The van der Waals surface area contributed by atoms with Gasteiger partial charge in [0.2, 0.25) is 5.95 Å². The molecule has 0 saturated heterocycles. The van der Waals surface area contributed by atoms with Crippen LogP contribution in [0.3, 0.4) is 0 Å². The number of rotatable bonds is 3. The second-order valence-corrected chi connectivity index (χ2v) is 3.66. The third kappa shape index (κ3) is 2.67. The zero-order chi connectivity index (χ0) is 12.3. The minimum atomic E-state index is -0.365. The Hall–Kier alpha value is -2.21. The van der Waals surface area contributed by atoms with Crippen LogP contribution in [-0.4, -0.2) is 21.6 Å². The predicted molar refractivity (Wildman–Crippen MR) is 64.4 cm³/mol. The number of anilines is 1. The van der Waals surface area contributed by atoms with E-state index >= 15 is 0 Å². The Morgan fingerprint density at radius 3 is 2.65 bits per heavy atom. The van der Waals surface area contributed by atoms with E-state index in [4.69, 9.17) is 5.84 Å². The number of aromatic nitrogens is 3. The number of hydrogen-bond acceptors (Lipinski definition) is 5. The summed E-state index contributed by atoms with van der Waals surface area (Å²) in [6.07, 6.45) is 1.45. The van der Waals surface area contributed by atoms with Crippen LogP contribution in [0.1, 0.15) is 5.56 Å². The second kappa shape index (κ2) is 4.75. The van der Waals surface area contributed by atoms with Gasteiger partial charge in [-0.15, -0.1) is 0 Å². The third-order valence-corrected chi connectivity index (χ3v) is 2.27. The van der Waals surface area contributed by atoms with Gasteiger partial charge in [0.15, 0.2) is 0 Å². The summed E-state index contributed by atoms with van der Waals surface area (Å²) < 4.78 is 1.43. The number of benzene rings is 1. The highest BCUT2D eigenvalue weighted by Crippen LogP contribution is 2.00. The first-order valence-corrected chi connectivity index (χ1v) is 5.12. The predicted octanol–water partition coefficient (Wildman–Crippen LogP) is -0.00350. The molecule has 0 fully saturated rings. The fourth-order valence-corrected chi connectivity index (χ4v) is 1.41. The van der Waals surface area contributed by atoms with Gasteiger partial charge in [-0.2, -0.15) is 4.98 Å². The van der Waals surface area contributed by atoms with Crippen LogP contribution in [0.5, 0.6) is 0 Å². The maximum atomic E-state index is 11.7. The number of nitrogens with zero attached hydrogens (tertiary/aromatic N) is 4. The summed E-state index contributed by atoms with van der Waals surface area (Å²) in [7, 11) is 1.58. The van der Waals surface area contributed by atoms with Gasteiger partial charge in [0.25, 0.3) is 0 Å². The summed E-state index contributed by atoms with van der Waals surface area (Å²) in [4.78, 5) is 19.4. The maximum Gasteiger partial charge on any atom is 0.352 e. The number of nitrogens with two attached hydrogens (primary N) is 1. The molecule has 0 atom stereocenters. The topological polar surface area (TPSA) is 77.0 Å². The Morgan fingerprint density at radius 2 is 2.06 bits per heavy atom. The molecule has 6 heteroatoms. The summed E-state index contributed by atoms with van der Waals surface area (Å²) in [5.41, 5.74) is 0.656. The van der Waals surface area contributed by atoms with Crippen LogP contribution in [0, 0.1) is 0 Å². The molecule has 2 rings (SSSR count). The Bertz CT molecular complexity index is 549. The van der Waals surface area contributed by atoms with E-state index in [1.54, 1.807) is 7.05 Å². The highest BCUT2D eigenvalue weighted by Gasteiger charge is 2.03. The molecule has 0 bridgehead atoms. The normalized spacial score (nSPS) is 10.2. The molecule has 0 aliphatic rings. The van der Waals surface area contributed by atoms with Crippen LogP contribution in [0.25, 0.3) is 0 Å². The standard InChI is InChI=1S/C11H13N5O/c1-15(12)10-13-8-16(11(17)14-10)7-9-5-3-2-4-6-9/h2-6,8H,7,12H2,1H3. The lowest BCUT2D eigenvalue weighted by Gasteiger charge is -2.10. The average molecular weight is 231 g/mol. The van der Waals surface area contributed by atoms with Crippen molar-refractivity contribution in [2.24, 2.45) is 5.84 Å². The Labute approximate surface area is 98.3 Å². The second-order valence-electron chi connectivity index (χ2n) is 3.66. The molecule has 0 unspecified atom stereocenters. The molecule has 2 N–H and O–H groups in total. The number of hydrazine groups is 1. The van der Waals surface area contributed by atoms with Crippen LogP contribution in [0.15, 0.2) is 41.5 Å². The molecule has 0 saturated carbocycles. The Balaban J connectivity index is 2.26. The highest BCUT2D eigenvalue weighted by molar-refractivity contribution is 5.22. The largest absolute Gasteiger partial charge is 0.352 e. The van der Waals surface area contributed by atoms with Crippen molar-refractivity contribution >= 4 is 5.95 Å². The van der Waals surface area contributed by atoms with Crippen LogP contribution in [0.2, 0.25) is 0 Å². The molecule has 6 nitrogen and oxygen atoms in total. The van der Waals surface area contributed by atoms with Gasteiger partial charge in [-0.05, 0) is 5.56 Å². The van der Waals surface area contributed by atoms with Gasteiger partial charge < -0.3 is 0 Å². The van der Waals surface area contributed by atoms with Crippen molar-refractivity contribution in [2.45, 2.75) is 6.54 Å². The summed E-state index contributed by atoms with van der Waals surface area (Å²) in [5.74, 6) is 5.65. The molecule has 1 heterocycles. The van der Waals surface area contributed by atoms with E-state index in [-0.39, 0.29) is 11.6 Å². The van der Waals surface area contributed by atoms with Crippen LogP contribution >= 0.6 is 0 Å². The van der Waals surface area contributed by atoms with Crippen molar-refractivity contribution in [1.82, 2.24) is 14.5 Å². The van der Waals surface area contributed by atoms with Crippen molar-refractivity contribution in [3.63, 3.8) is 0 Å². The summed E-state index contributed by atoms with van der Waals surface area (Å²) in [5, 5.41) is 1.20. The lowest BCUT2D eigenvalue weighted by molar-refractivity contribution is 0.692. The Kier molecular flexibility index (Phi) is 3.15. The fraction of sp³-hybridized carbons (Fsp3) is 0.182. The van der Waals surface area contributed by atoms with E-state index in [0.717, 1.165) is 5.56 Å². The SMILES string of the molecule is CN(N)c1ncn(Cc2ccccc2)c(=O)n1. The highest BCUT2D eigenvalue weighted by atomic mass is 16.1. The van der Waals surface area contributed by atoms with E-state index in [9.17, 15) is 4.79 Å². The number of hydrogen-bond donors (Lipinski definition) is 1. The van der Waals surface area contributed by atoms with Crippen molar-refractivity contribution < 1.29 is 0 Å². The molecule has 0 aliphatic carbocycles. The van der Waals surface area contributed by atoms with Gasteiger partial charge in [0, 0.05) is 7.05 Å². The molecular formula is C11H13N5O. The fourth-order valence-electron chi connectivity index (χ4n) is 1.41. The Morgan fingerprint density at radius 1 is 1.35 bits per heavy atom. The summed E-state index contributed by atoms with van der Waals surface area (Å²) in [6, 6.07) is 9.65. The molecule has 88 valence electrons. The van der Waals surface area contributed by atoms with Crippen molar-refractivity contribution in [3.8, 4) is 0 Å². The zero-order valence-electron chi connectivity index (χ0n) is 9.45. The third-order valence-electron chi connectivity index (χ3n) is 2.27. The van der Waals surface area contributed by atoms with E-state index in [2.05, 4.69) is 9.97 Å². The van der Waals surface area contributed by atoms with Gasteiger partial charge in [-0.1, -0.05) is 30.3 Å². The average Bonchev–Trinajstić information content (AvgIpc) is 2.33. The van der Waals surface area contributed by atoms with E-state index in [0.29, 0.717) is 6.54 Å². The molecule has 0 amide bonds. The lowest BCUT2D eigenvalue weighted by Crippen LogP contribution is -2.32. The molecule has 0 spiro atoms. The maximum absolute atomic E-state index is 11.7. The first-order valence-electron chi connectivity index (χ1n) is 5.12. The smallest absolute Gasteiger partial charge is 0.282 e. The lowest BCUT2D eigenvalue weighted by atomic mass is 10.2. The first-order chi connectivity index (χ1) is 8.16. The van der Waals surface area contributed by atoms with Gasteiger partial charge in [0.1, 0.15) is 6.33 Å². The van der Waals surface area contributed by atoms with Crippen LogP contribution in [0.4, 0.5) is 5.95 Å². The van der Waals surface area contributed by atoms with Crippen molar-refractivity contribution in [3.05, 3.63) is 52.7 Å². The molecule has 1 aromatic heterocycles. The minimum Gasteiger partial charge on any atom is -0.282 e. The van der Waals surface area contributed by atoms with Crippen LogP contribution in [-0.2, 0) is 6.54 Å². The molecular weight excluding hydrogens is 218 g/mol. The molecule has 17 heavy (non-hydrogen) atoms. The molecule has 2 aromatic rings. The molecule has 1 aromatic carbocycles. The van der Waals surface area contributed by atoms with Gasteiger partial charge in [-0.25, -0.2) is 15.6 Å². The molecule has 0 aliphatic heterocycles. The van der Waals surface area contributed by atoms with Crippen molar-refractivity contribution in [2.75, 3.05) is 12.1 Å². The minimum absolute atomic E-state index is 0.208. The monoisotopic (exact) mass is 231 g/mol. The first kappa shape index (κ1) is 11.3. The quantitative estimate of drug-likeness (QED) is 0.594. The van der Waals surface area contributed by atoms with Gasteiger partial charge in [0.05, 0.1) is 6.54 Å². The van der Waals surface area contributed by atoms with E-state index in [1.165, 1.54) is 15.9 Å². The van der Waals surface area contributed by atoms with E-state index in [1.807, 2.05) is 30.3 Å². The van der Waals surface area contributed by atoms with Gasteiger partial charge >= 0.3 is 5.69 Å². The molecule has 0 radical (unpaired) electrons. The summed E-state index contributed by atoms with van der Waals surface area (Å²) in [6.45, 7) is 0.453. The summed E-state index contributed by atoms with van der Waals surface area (Å²) >= 11 is 0. The van der Waals surface area contributed by atoms with Crippen LogP contribution < -0.4 is 16.5 Å². The van der Waals surface area contributed by atoms with Gasteiger partial charge in [-0.3, -0.25) is 9.58 Å². The van der Waals surface area contributed by atoms with E-state index < -0.39 is 0 Å². The zero-order valence-corrected chi connectivity index (χ0v) is 9.45. The van der Waals surface area contributed by atoms with Crippen molar-refractivity contribution in [1.29, 1.82) is 0 Å².